The van der Waals surface area contributed by atoms with Crippen LogP contribution in [0.2, 0.25) is 10.0 Å². The highest BCUT2D eigenvalue weighted by molar-refractivity contribution is 7.89. The number of H-pyrrole nitrogens is 1. The Morgan fingerprint density at radius 2 is 1.72 bits per heavy atom. The summed E-state index contributed by atoms with van der Waals surface area (Å²) >= 11 is 12.7. The molecule has 1 saturated carbocycles. The van der Waals surface area contributed by atoms with Crippen LogP contribution in [0.15, 0.2) is 59.8 Å². The molecule has 0 radical (unpaired) electrons. The van der Waals surface area contributed by atoms with Crippen LogP contribution in [0.1, 0.15) is 40.4 Å². The van der Waals surface area contributed by atoms with Gasteiger partial charge in [-0.2, -0.15) is 8.78 Å². The number of carbonyl (C=O) groups excluding carboxylic acids is 2. The van der Waals surface area contributed by atoms with Gasteiger partial charge in [-0.3, -0.25) is 0 Å². The highest BCUT2D eigenvalue weighted by Crippen LogP contribution is 2.37. The molecule has 4 rings (SSSR count). The molecule has 0 bridgehead atoms. The van der Waals surface area contributed by atoms with Crippen LogP contribution in [0.3, 0.4) is 0 Å². The second kappa shape index (κ2) is 14.3. The van der Waals surface area contributed by atoms with Gasteiger partial charge in [0.15, 0.2) is 30.5 Å². The molecule has 230 valence electrons. The van der Waals surface area contributed by atoms with Crippen molar-refractivity contribution < 1.29 is 50.7 Å². The lowest BCUT2D eigenvalue weighted by Gasteiger charge is -2.21. The molecule has 2 aromatic carbocycles. The lowest BCUT2D eigenvalue weighted by atomic mass is 10.0. The summed E-state index contributed by atoms with van der Waals surface area (Å²) in [6, 6.07) is 9.06. The van der Waals surface area contributed by atoms with Crippen LogP contribution in [0.5, 0.6) is 11.5 Å². The number of carbonyl (C=O) groups is 2. The molecule has 2 N–H and O–H groups in total. The summed E-state index contributed by atoms with van der Waals surface area (Å²) in [6.45, 7) is -3.56. The fourth-order valence-electron chi connectivity index (χ4n) is 3.90. The number of hydrogen-bond donors (Lipinski definition) is 1. The van der Waals surface area contributed by atoms with Gasteiger partial charge in [-0.1, -0.05) is 29.3 Å². The average molecular weight is 660 g/mol. The fourth-order valence-corrected chi connectivity index (χ4v) is 5.16. The summed E-state index contributed by atoms with van der Waals surface area (Å²) in [5.74, 6) is -1.66. The zero-order valence-corrected chi connectivity index (χ0v) is 25.0. The van der Waals surface area contributed by atoms with Gasteiger partial charge in [0.25, 0.3) is 0 Å². The Morgan fingerprint density at radius 3 is 2.33 bits per heavy atom. The van der Waals surface area contributed by atoms with Crippen molar-refractivity contribution in [2.24, 2.45) is 5.92 Å². The zero-order valence-electron chi connectivity index (χ0n) is 22.6. The van der Waals surface area contributed by atoms with Crippen molar-refractivity contribution in [2.75, 3.05) is 20.3 Å². The standard InChI is InChI=1S/C28H26Cl2F2N2O8S/c1-33-43(37,38)19-7-4-17(5-8-19)27(36)40-15-26(35)41-24(11-20-21(29)12-34-13-22(20)30)18-6-9-23(42-28(31)32)25(10-18)39-14-16-2-3-16/h4-10,12-13,16,24,28,33H,2-3,11,14-15H2,1H3/p+1/t24-/m0/s1. The minimum Gasteiger partial charge on any atom is -0.489 e. The highest BCUT2D eigenvalue weighted by atomic mass is 35.5. The minimum atomic E-state index is -3.71. The number of nitrogens with one attached hydrogen (secondary N) is 2. The van der Waals surface area contributed by atoms with Crippen molar-refractivity contribution in [3.05, 3.63) is 81.6 Å². The number of halogens is 4. The van der Waals surface area contributed by atoms with Crippen LogP contribution >= 0.6 is 23.2 Å². The molecule has 0 amide bonds. The van der Waals surface area contributed by atoms with Gasteiger partial charge < -0.3 is 18.9 Å². The number of benzene rings is 2. The molecule has 0 spiro atoms. The van der Waals surface area contributed by atoms with E-state index in [2.05, 4.69) is 14.4 Å². The third-order valence-corrected chi connectivity index (χ3v) is 8.48. The number of esters is 2. The maximum absolute atomic E-state index is 13.0. The second-order valence-electron chi connectivity index (χ2n) is 9.46. The summed E-state index contributed by atoms with van der Waals surface area (Å²) < 4.78 is 73.1. The van der Waals surface area contributed by atoms with Crippen molar-refractivity contribution in [3.63, 3.8) is 0 Å². The number of alkyl halides is 2. The predicted octanol–water partition coefficient (Wildman–Crippen LogP) is 4.79. The Balaban J connectivity index is 1.52. The number of aromatic nitrogens is 1. The zero-order chi connectivity index (χ0) is 31.1. The summed E-state index contributed by atoms with van der Waals surface area (Å²) in [5, 5.41) is 0.512. The minimum absolute atomic E-state index is 0.00516. The van der Waals surface area contributed by atoms with Gasteiger partial charge in [0.2, 0.25) is 10.0 Å². The molecule has 1 aliphatic carbocycles. The van der Waals surface area contributed by atoms with Crippen LogP contribution < -0.4 is 19.2 Å². The third-order valence-electron chi connectivity index (χ3n) is 6.38. The monoisotopic (exact) mass is 659 g/mol. The lowest BCUT2D eigenvalue weighted by molar-refractivity contribution is -0.377. The Kier molecular flexibility index (Phi) is 10.8. The predicted molar refractivity (Wildman–Crippen MR) is 150 cm³/mol. The molecule has 15 heteroatoms. The molecule has 0 unspecified atom stereocenters. The van der Waals surface area contributed by atoms with E-state index >= 15 is 0 Å². The molecule has 43 heavy (non-hydrogen) atoms. The second-order valence-corrected chi connectivity index (χ2v) is 12.2. The maximum atomic E-state index is 13.0. The van der Waals surface area contributed by atoms with E-state index in [9.17, 15) is 26.8 Å². The molecule has 1 aromatic heterocycles. The first kappa shape index (κ1) is 32.4. The number of hydrogen-bond acceptors (Lipinski definition) is 8. The topological polar surface area (TPSA) is 131 Å². The SMILES string of the molecule is CNS(=O)(=O)c1ccc(C(=O)OCC(=O)O[C@@H](Cc2c(Cl)c[nH+]cc2Cl)c2ccc(OC(F)F)c(OCC3CC3)c2)cc1. The Labute approximate surface area is 256 Å². The smallest absolute Gasteiger partial charge is 0.387 e. The summed E-state index contributed by atoms with van der Waals surface area (Å²) in [4.78, 5) is 28.1. The number of aromatic amines is 1. The lowest BCUT2D eigenvalue weighted by Crippen LogP contribution is -2.21. The Hall–Kier alpha value is -3.52. The van der Waals surface area contributed by atoms with Gasteiger partial charge in [-0.15, -0.1) is 0 Å². The normalized spacial score (nSPS) is 13.8. The van der Waals surface area contributed by atoms with Crippen molar-refractivity contribution in [3.8, 4) is 11.5 Å². The van der Waals surface area contributed by atoms with Crippen LogP contribution in [-0.4, -0.2) is 47.2 Å². The summed E-state index contributed by atoms with van der Waals surface area (Å²) in [7, 11) is -2.45. The molecule has 1 aliphatic rings. The number of ether oxygens (including phenoxy) is 4. The van der Waals surface area contributed by atoms with E-state index in [1.165, 1.54) is 61.9 Å². The molecule has 0 saturated heterocycles. The summed E-state index contributed by atoms with van der Waals surface area (Å²) in [5.41, 5.74) is 0.792. The van der Waals surface area contributed by atoms with E-state index in [4.69, 9.17) is 37.4 Å². The van der Waals surface area contributed by atoms with Crippen LogP contribution in [0.4, 0.5) is 8.78 Å². The molecule has 0 aliphatic heterocycles. The number of rotatable bonds is 14. The van der Waals surface area contributed by atoms with E-state index in [0.29, 0.717) is 23.7 Å². The van der Waals surface area contributed by atoms with Gasteiger partial charge >= 0.3 is 18.6 Å². The quantitative estimate of drug-likeness (QED) is 0.245. The Morgan fingerprint density at radius 1 is 1.05 bits per heavy atom. The highest BCUT2D eigenvalue weighted by Gasteiger charge is 2.26. The van der Waals surface area contributed by atoms with Crippen molar-refractivity contribution in [1.82, 2.24) is 4.72 Å². The van der Waals surface area contributed by atoms with E-state index < -0.39 is 41.3 Å². The van der Waals surface area contributed by atoms with E-state index in [-0.39, 0.29) is 38.4 Å². The summed E-state index contributed by atoms with van der Waals surface area (Å²) in [6.07, 6.45) is 3.82. The van der Waals surface area contributed by atoms with Crippen LogP contribution in [0, 0.1) is 5.92 Å². The van der Waals surface area contributed by atoms with Gasteiger partial charge in [0.1, 0.15) is 16.1 Å². The molecular formula is C28H27Cl2F2N2O8S+. The largest absolute Gasteiger partial charge is 0.489 e. The first-order valence-corrected chi connectivity index (χ1v) is 15.2. The first-order valence-electron chi connectivity index (χ1n) is 12.9. The van der Waals surface area contributed by atoms with Crippen LogP contribution in [-0.2, 0) is 30.7 Å². The van der Waals surface area contributed by atoms with E-state index in [1.54, 1.807) is 0 Å². The molecular weight excluding hydrogens is 633 g/mol. The van der Waals surface area contributed by atoms with Gasteiger partial charge in [-0.25, -0.2) is 27.7 Å². The number of pyridine rings is 1. The molecule has 10 nitrogen and oxygen atoms in total. The van der Waals surface area contributed by atoms with Crippen molar-refractivity contribution in [2.45, 2.75) is 36.9 Å². The fraction of sp³-hybridized carbons (Fsp3) is 0.321. The average Bonchev–Trinajstić information content (AvgIpc) is 3.81. The van der Waals surface area contributed by atoms with Crippen molar-refractivity contribution >= 4 is 45.2 Å². The van der Waals surface area contributed by atoms with Crippen LogP contribution in [0.25, 0.3) is 0 Å². The van der Waals surface area contributed by atoms with Gasteiger partial charge in [0, 0.05) is 12.0 Å². The van der Waals surface area contributed by atoms with Crippen molar-refractivity contribution in [1.29, 1.82) is 0 Å². The molecule has 1 fully saturated rings. The molecule has 1 atom stereocenters. The van der Waals surface area contributed by atoms with E-state index in [0.717, 1.165) is 12.8 Å². The van der Waals surface area contributed by atoms with Gasteiger partial charge in [0.05, 0.1) is 17.1 Å². The third kappa shape index (κ3) is 8.99. The van der Waals surface area contributed by atoms with Gasteiger partial charge in [-0.05, 0) is 67.8 Å². The maximum Gasteiger partial charge on any atom is 0.387 e. The molecule has 3 aromatic rings. The van der Waals surface area contributed by atoms with E-state index in [1.807, 2.05) is 0 Å². The Bertz CT molecular complexity index is 1550. The molecule has 1 heterocycles. The first-order chi connectivity index (χ1) is 20.5. The number of sulfonamides is 1.